The molecule has 2 fully saturated rings. The highest BCUT2D eigenvalue weighted by Crippen LogP contribution is 2.38. The van der Waals surface area contributed by atoms with E-state index < -0.39 is 30.6 Å². The lowest BCUT2D eigenvalue weighted by atomic mass is 9.91. The van der Waals surface area contributed by atoms with Gasteiger partial charge >= 0.3 is 0 Å². The number of aliphatic hydroxyl groups is 3. The number of rotatable bonds is 1. The van der Waals surface area contributed by atoms with Gasteiger partial charge in [-0.2, -0.15) is 5.26 Å². The number of ether oxygens (including phenoxy) is 1. The summed E-state index contributed by atoms with van der Waals surface area (Å²) < 4.78 is 5.54. The number of fused-ring (bicyclic) bond motifs is 1. The molecule has 0 aliphatic carbocycles. The predicted octanol–water partition coefficient (Wildman–Crippen LogP) is -0.626. The van der Waals surface area contributed by atoms with E-state index in [1.165, 1.54) is 0 Å². The molecule has 6 atom stereocenters. The fourth-order valence-corrected chi connectivity index (χ4v) is 2.99. The summed E-state index contributed by atoms with van der Waals surface area (Å²) in [6.07, 6.45) is -4.71. The first kappa shape index (κ1) is 13.5. The Hall–Kier alpha value is -1.49. The molecule has 6 nitrogen and oxygen atoms in total. The van der Waals surface area contributed by atoms with Crippen LogP contribution in [0.15, 0.2) is 30.3 Å². The minimum Gasteiger partial charge on any atom is -0.388 e. The van der Waals surface area contributed by atoms with Crippen molar-refractivity contribution < 1.29 is 20.1 Å². The molecule has 2 saturated heterocycles. The zero-order chi connectivity index (χ0) is 14.3. The molecule has 3 rings (SSSR count). The van der Waals surface area contributed by atoms with Crippen molar-refractivity contribution in [3.8, 4) is 6.07 Å². The second kappa shape index (κ2) is 5.13. The van der Waals surface area contributed by atoms with Gasteiger partial charge in [-0.05, 0) is 5.56 Å². The number of benzene rings is 1. The predicted molar refractivity (Wildman–Crippen MR) is 68.2 cm³/mol. The molecule has 0 unspecified atom stereocenters. The Morgan fingerprint density at radius 1 is 1.10 bits per heavy atom. The van der Waals surface area contributed by atoms with Crippen LogP contribution >= 0.6 is 0 Å². The molecule has 6 heteroatoms. The van der Waals surface area contributed by atoms with Gasteiger partial charge in [-0.3, -0.25) is 0 Å². The van der Waals surface area contributed by atoms with Gasteiger partial charge in [-0.25, -0.2) is 4.90 Å². The van der Waals surface area contributed by atoms with Crippen LogP contribution in [-0.2, 0) is 4.74 Å². The highest BCUT2D eigenvalue weighted by atomic mass is 16.5. The molecule has 106 valence electrons. The summed E-state index contributed by atoms with van der Waals surface area (Å²) in [4.78, 5) is 1.65. The second-order valence-electron chi connectivity index (χ2n) is 5.14. The van der Waals surface area contributed by atoms with Crippen LogP contribution in [0.25, 0.3) is 0 Å². The average Bonchev–Trinajstić information content (AvgIpc) is 2.91. The largest absolute Gasteiger partial charge is 0.388 e. The summed E-state index contributed by atoms with van der Waals surface area (Å²) in [5, 5.41) is 39.1. The number of hydrogen-bond donors (Lipinski definition) is 3. The quantitative estimate of drug-likeness (QED) is 0.632. The van der Waals surface area contributed by atoms with Crippen LogP contribution < -0.4 is 0 Å². The SMILES string of the molecule is N#C[C@H]1[C@@H](O)[C@H](O)[C@@H](O)[C@@H]2OC[C@H](c3ccccc3)N12. The highest BCUT2D eigenvalue weighted by Gasteiger charge is 2.54. The fraction of sp³-hybridized carbons (Fsp3) is 0.500. The molecule has 20 heavy (non-hydrogen) atoms. The highest BCUT2D eigenvalue weighted by molar-refractivity contribution is 5.23. The summed E-state index contributed by atoms with van der Waals surface area (Å²) in [7, 11) is 0. The molecule has 0 radical (unpaired) electrons. The van der Waals surface area contributed by atoms with Crippen molar-refractivity contribution in [1.82, 2.24) is 4.90 Å². The molecule has 2 aliphatic rings. The number of aliphatic hydroxyl groups excluding tert-OH is 3. The van der Waals surface area contributed by atoms with E-state index in [4.69, 9.17) is 4.74 Å². The van der Waals surface area contributed by atoms with Crippen molar-refractivity contribution in [2.45, 2.75) is 36.6 Å². The number of nitriles is 1. The third kappa shape index (κ3) is 1.92. The first-order valence-corrected chi connectivity index (χ1v) is 6.53. The van der Waals surface area contributed by atoms with E-state index in [1.54, 1.807) is 4.90 Å². The maximum atomic E-state index is 10.0. The Labute approximate surface area is 116 Å². The lowest BCUT2D eigenvalue weighted by Crippen LogP contribution is -2.64. The zero-order valence-corrected chi connectivity index (χ0v) is 10.7. The summed E-state index contributed by atoms with van der Waals surface area (Å²) in [5.74, 6) is 0. The Balaban J connectivity index is 1.96. The van der Waals surface area contributed by atoms with Crippen LogP contribution in [0.4, 0.5) is 0 Å². The standard InChI is InChI=1S/C14H16N2O4/c15-6-9-11(17)12(18)13(19)14-16(9)10(7-20-14)8-4-2-1-3-5-8/h1-5,9-14,17-19H,7H2/t9-,10+,11+,12-,13+,14-/m0/s1. The zero-order valence-electron chi connectivity index (χ0n) is 10.7. The fourth-order valence-electron chi connectivity index (χ4n) is 2.99. The van der Waals surface area contributed by atoms with E-state index in [1.807, 2.05) is 36.4 Å². The van der Waals surface area contributed by atoms with E-state index in [-0.39, 0.29) is 6.04 Å². The van der Waals surface area contributed by atoms with Gasteiger partial charge in [0, 0.05) is 0 Å². The van der Waals surface area contributed by atoms with Crippen LogP contribution in [0.1, 0.15) is 11.6 Å². The average molecular weight is 276 g/mol. The first-order chi connectivity index (χ1) is 9.65. The van der Waals surface area contributed by atoms with Crippen LogP contribution in [0, 0.1) is 11.3 Å². The number of piperidine rings is 1. The van der Waals surface area contributed by atoms with Crippen molar-refractivity contribution in [1.29, 1.82) is 5.26 Å². The van der Waals surface area contributed by atoms with Crippen LogP contribution in [0.5, 0.6) is 0 Å². The first-order valence-electron chi connectivity index (χ1n) is 6.53. The van der Waals surface area contributed by atoms with E-state index in [0.29, 0.717) is 6.61 Å². The molecule has 0 aromatic heterocycles. The second-order valence-corrected chi connectivity index (χ2v) is 5.14. The van der Waals surface area contributed by atoms with Crippen molar-refractivity contribution in [2.24, 2.45) is 0 Å². The molecular formula is C14H16N2O4. The molecule has 2 heterocycles. The minimum atomic E-state index is -1.38. The van der Waals surface area contributed by atoms with Crippen molar-refractivity contribution in [2.75, 3.05) is 6.61 Å². The normalized spacial score (nSPS) is 41.1. The Kier molecular flexibility index (Phi) is 3.46. The third-order valence-electron chi connectivity index (χ3n) is 4.03. The van der Waals surface area contributed by atoms with Crippen molar-refractivity contribution >= 4 is 0 Å². The smallest absolute Gasteiger partial charge is 0.141 e. The van der Waals surface area contributed by atoms with Crippen LogP contribution in [0.3, 0.4) is 0 Å². The van der Waals surface area contributed by atoms with E-state index in [0.717, 1.165) is 5.56 Å². The summed E-state index contributed by atoms with van der Waals surface area (Å²) in [6, 6.07) is 10.4. The van der Waals surface area contributed by atoms with Gasteiger partial charge in [0.2, 0.25) is 0 Å². The molecule has 1 aromatic carbocycles. The molecule has 3 N–H and O–H groups in total. The van der Waals surface area contributed by atoms with Crippen molar-refractivity contribution in [3.05, 3.63) is 35.9 Å². The Morgan fingerprint density at radius 3 is 2.45 bits per heavy atom. The maximum absolute atomic E-state index is 10.0. The molecule has 2 aliphatic heterocycles. The van der Waals surface area contributed by atoms with Gasteiger partial charge in [0.1, 0.15) is 30.6 Å². The Morgan fingerprint density at radius 2 is 1.80 bits per heavy atom. The van der Waals surface area contributed by atoms with Crippen LogP contribution in [0.2, 0.25) is 0 Å². The van der Waals surface area contributed by atoms with Gasteiger partial charge in [0.15, 0.2) is 0 Å². The monoisotopic (exact) mass is 276 g/mol. The van der Waals surface area contributed by atoms with Crippen molar-refractivity contribution in [3.63, 3.8) is 0 Å². The van der Waals surface area contributed by atoms with E-state index >= 15 is 0 Å². The summed E-state index contributed by atoms with van der Waals surface area (Å²) in [5.41, 5.74) is 0.950. The third-order valence-corrected chi connectivity index (χ3v) is 4.03. The summed E-state index contributed by atoms with van der Waals surface area (Å²) in [6.45, 7) is 0.309. The molecule has 1 aromatic rings. The van der Waals surface area contributed by atoms with Gasteiger partial charge in [-0.15, -0.1) is 0 Å². The van der Waals surface area contributed by atoms with E-state index in [2.05, 4.69) is 0 Å². The lowest BCUT2D eigenvalue weighted by molar-refractivity contribution is -0.194. The molecule has 0 amide bonds. The van der Waals surface area contributed by atoms with Crippen LogP contribution in [-0.4, -0.2) is 57.4 Å². The van der Waals surface area contributed by atoms with Gasteiger partial charge in [-0.1, -0.05) is 30.3 Å². The van der Waals surface area contributed by atoms with Gasteiger partial charge in [0.05, 0.1) is 18.7 Å². The van der Waals surface area contributed by atoms with Gasteiger partial charge in [0.25, 0.3) is 0 Å². The molecule has 0 spiro atoms. The molecule has 0 saturated carbocycles. The van der Waals surface area contributed by atoms with Gasteiger partial charge < -0.3 is 20.1 Å². The number of nitrogens with zero attached hydrogens (tertiary/aromatic N) is 2. The molecular weight excluding hydrogens is 260 g/mol. The number of hydrogen-bond acceptors (Lipinski definition) is 6. The maximum Gasteiger partial charge on any atom is 0.141 e. The molecule has 0 bridgehead atoms. The minimum absolute atomic E-state index is 0.220. The summed E-state index contributed by atoms with van der Waals surface area (Å²) >= 11 is 0. The topological polar surface area (TPSA) is 97.0 Å². The Bertz CT molecular complexity index is 518. The lowest BCUT2D eigenvalue weighted by Gasteiger charge is -2.43. The van der Waals surface area contributed by atoms with E-state index in [9.17, 15) is 20.6 Å².